The van der Waals surface area contributed by atoms with Crippen LogP contribution in [-0.2, 0) is 4.79 Å². The lowest BCUT2D eigenvalue weighted by Crippen LogP contribution is -2.24. The molecule has 15 heavy (non-hydrogen) atoms. The lowest BCUT2D eigenvalue weighted by atomic mass is 10.1. The van der Waals surface area contributed by atoms with Crippen molar-refractivity contribution in [2.24, 2.45) is 5.41 Å². The number of hydrogen-bond acceptors (Lipinski definition) is 2. The number of halogens is 1. The summed E-state index contributed by atoms with van der Waals surface area (Å²) in [6.45, 7) is 0.505. The Morgan fingerprint density at radius 3 is 2.67 bits per heavy atom. The SMILES string of the molecule is O=C(O)C1(CNc2ccccc2Br)CC1. The lowest BCUT2D eigenvalue weighted by Gasteiger charge is -2.13. The molecule has 2 N–H and O–H groups in total. The van der Waals surface area contributed by atoms with Crippen LogP contribution >= 0.6 is 15.9 Å². The molecule has 0 radical (unpaired) electrons. The van der Waals surface area contributed by atoms with Gasteiger partial charge in [-0.15, -0.1) is 0 Å². The zero-order valence-corrected chi connectivity index (χ0v) is 9.75. The summed E-state index contributed by atoms with van der Waals surface area (Å²) in [5.74, 6) is -0.693. The van der Waals surface area contributed by atoms with E-state index < -0.39 is 11.4 Å². The van der Waals surface area contributed by atoms with Gasteiger partial charge in [-0.25, -0.2) is 0 Å². The average molecular weight is 270 g/mol. The molecule has 0 spiro atoms. The predicted octanol–water partition coefficient (Wildman–Crippen LogP) is 2.73. The highest BCUT2D eigenvalue weighted by Gasteiger charge is 2.50. The minimum Gasteiger partial charge on any atom is -0.481 e. The zero-order valence-electron chi connectivity index (χ0n) is 8.16. The molecule has 2 rings (SSSR count). The molecule has 1 saturated carbocycles. The summed E-state index contributed by atoms with van der Waals surface area (Å²) in [5.41, 5.74) is 0.431. The van der Waals surface area contributed by atoms with Crippen molar-refractivity contribution in [3.63, 3.8) is 0 Å². The predicted molar refractivity (Wildman–Crippen MR) is 61.9 cm³/mol. The molecule has 0 saturated heterocycles. The fourth-order valence-electron chi connectivity index (χ4n) is 1.49. The van der Waals surface area contributed by atoms with Gasteiger partial charge >= 0.3 is 5.97 Å². The van der Waals surface area contributed by atoms with Crippen LogP contribution in [0.25, 0.3) is 0 Å². The Morgan fingerprint density at radius 1 is 1.47 bits per heavy atom. The smallest absolute Gasteiger partial charge is 0.311 e. The highest BCUT2D eigenvalue weighted by atomic mass is 79.9. The van der Waals surface area contributed by atoms with Crippen LogP contribution in [0.15, 0.2) is 28.7 Å². The zero-order chi connectivity index (χ0) is 10.9. The molecule has 0 aromatic heterocycles. The summed E-state index contributed by atoms with van der Waals surface area (Å²) < 4.78 is 0.964. The highest BCUT2D eigenvalue weighted by Crippen LogP contribution is 2.46. The standard InChI is InChI=1S/C11H12BrNO2/c12-8-3-1-2-4-9(8)13-7-11(5-6-11)10(14)15/h1-4,13H,5-7H2,(H,14,15). The molecule has 3 nitrogen and oxygen atoms in total. The Balaban J connectivity index is 2.00. The summed E-state index contributed by atoms with van der Waals surface area (Å²) in [6, 6.07) is 7.72. The van der Waals surface area contributed by atoms with Crippen LogP contribution in [0, 0.1) is 5.41 Å². The number of rotatable bonds is 4. The van der Waals surface area contributed by atoms with Crippen LogP contribution in [0.5, 0.6) is 0 Å². The molecule has 0 atom stereocenters. The second-order valence-corrected chi connectivity index (χ2v) is 4.77. The Labute approximate surface area is 96.6 Å². The van der Waals surface area contributed by atoms with E-state index in [0.717, 1.165) is 23.0 Å². The van der Waals surface area contributed by atoms with E-state index in [9.17, 15) is 4.79 Å². The second kappa shape index (κ2) is 3.85. The number of anilines is 1. The second-order valence-electron chi connectivity index (χ2n) is 3.92. The van der Waals surface area contributed by atoms with Crippen LogP contribution in [-0.4, -0.2) is 17.6 Å². The largest absolute Gasteiger partial charge is 0.481 e. The van der Waals surface area contributed by atoms with E-state index in [-0.39, 0.29) is 0 Å². The van der Waals surface area contributed by atoms with Crippen LogP contribution < -0.4 is 5.32 Å². The van der Waals surface area contributed by atoms with E-state index in [4.69, 9.17) is 5.11 Å². The third-order valence-corrected chi connectivity index (χ3v) is 3.49. The van der Waals surface area contributed by atoms with Gasteiger partial charge in [0.2, 0.25) is 0 Å². The van der Waals surface area contributed by atoms with Crippen molar-refractivity contribution in [3.8, 4) is 0 Å². The Bertz CT molecular complexity index is 388. The van der Waals surface area contributed by atoms with Gasteiger partial charge in [-0.05, 0) is 40.9 Å². The quantitative estimate of drug-likeness (QED) is 0.884. The number of nitrogens with one attached hydrogen (secondary N) is 1. The first-order valence-corrected chi connectivity index (χ1v) is 5.65. The summed E-state index contributed by atoms with van der Waals surface area (Å²) >= 11 is 3.41. The minimum atomic E-state index is -0.693. The average Bonchev–Trinajstić information content (AvgIpc) is 2.98. The topological polar surface area (TPSA) is 49.3 Å². The van der Waals surface area contributed by atoms with Gasteiger partial charge in [0.15, 0.2) is 0 Å². The van der Waals surface area contributed by atoms with Crippen LogP contribution in [0.3, 0.4) is 0 Å². The van der Waals surface area contributed by atoms with Crippen molar-refractivity contribution in [2.75, 3.05) is 11.9 Å². The normalized spacial score (nSPS) is 17.1. The van der Waals surface area contributed by atoms with Crippen LogP contribution in [0.4, 0.5) is 5.69 Å². The molecule has 1 aliphatic rings. The molecule has 0 aliphatic heterocycles. The fraction of sp³-hybridized carbons (Fsp3) is 0.364. The van der Waals surface area contributed by atoms with Gasteiger partial charge in [-0.3, -0.25) is 4.79 Å². The minimum absolute atomic E-state index is 0.505. The highest BCUT2D eigenvalue weighted by molar-refractivity contribution is 9.10. The maximum absolute atomic E-state index is 10.9. The van der Waals surface area contributed by atoms with Gasteiger partial charge in [0.05, 0.1) is 5.41 Å². The molecule has 1 aromatic carbocycles. The van der Waals surface area contributed by atoms with Gasteiger partial charge in [0.25, 0.3) is 0 Å². The van der Waals surface area contributed by atoms with Crippen molar-refractivity contribution in [1.82, 2.24) is 0 Å². The van der Waals surface area contributed by atoms with Gasteiger partial charge in [-0.2, -0.15) is 0 Å². The van der Waals surface area contributed by atoms with Crippen molar-refractivity contribution in [1.29, 1.82) is 0 Å². The van der Waals surface area contributed by atoms with E-state index in [1.165, 1.54) is 0 Å². The molecule has 1 aromatic rings. The first-order chi connectivity index (χ1) is 7.14. The molecular formula is C11H12BrNO2. The number of carbonyl (C=O) groups is 1. The molecule has 0 amide bonds. The maximum atomic E-state index is 10.9. The molecular weight excluding hydrogens is 258 g/mol. The molecule has 1 fully saturated rings. The molecule has 0 unspecified atom stereocenters. The fourth-order valence-corrected chi connectivity index (χ4v) is 1.91. The number of carboxylic acid groups (broad SMARTS) is 1. The molecule has 0 bridgehead atoms. The maximum Gasteiger partial charge on any atom is 0.311 e. The summed E-state index contributed by atoms with van der Waals surface area (Å²) in [4.78, 5) is 10.9. The van der Waals surface area contributed by atoms with E-state index in [2.05, 4.69) is 21.2 Å². The first kappa shape index (κ1) is 10.5. The first-order valence-electron chi connectivity index (χ1n) is 4.86. The van der Waals surface area contributed by atoms with Crippen molar-refractivity contribution in [3.05, 3.63) is 28.7 Å². The monoisotopic (exact) mass is 269 g/mol. The Hall–Kier alpha value is -1.03. The Kier molecular flexibility index (Phi) is 2.69. The van der Waals surface area contributed by atoms with Crippen LogP contribution in [0.2, 0.25) is 0 Å². The molecule has 0 heterocycles. The lowest BCUT2D eigenvalue weighted by molar-refractivity contribution is -0.142. The number of benzene rings is 1. The summed E-state index contributed by atoms with van der Waals surface area (Å²) in [5, 5.41) is 12.2. The third kappa shape index (κ3) is 2.15. The van der Waals surface area contributed by atoms with E-state index in [0.29, 0.717) is 6.54 Å². The molecule has 4 heteroatoms. The van der Waals surface area contributed by atoms with Gasteiger partial charge in [0.1, 0.15) is 0 Å². The summed E-state index contributed by atoms with van der Waals surface area (Å²) in [6.07, 6.45) is 1.56. The van der Waals surface area contributed by atoms with Crippen molar-refractivity contribution in [2.45, 2.75) is 12.8 Å². The van der Waals surface area contributed by atoms with E-state index in [1.54, 1.807) is 0 Å². The number of para-hydroxylation sites is 1. The van der Waals surface area contributed by atoms with E-state index >= 15 is 0 Å². The van der Waals surface area contributed by atoms with E-state index in [1.807, 2.05) is 24.3 Å². The van der Waals surface area contributed by atoms with Crippen molar-refractivity contribution < 1.29 is 9.90 Å². The molecule has 1 aliphatic carbocycles. The van der Waals surface area contributed by atoms with Gasteiger partial charge in [0, 0.05) is 16.7 Å². The third-order valence-electron chi connectivity index (χ3n) is 2.80. The molecule has 80 valence electrons. The van der Waals surface area contributed by atoms with Crippen molar-refractivity contribution >= 4 is 27.6 Å². The number of aliphatic carboxylic acids is 1. The summed E-state index contributed by atoms with van der Waals surface area (Å²) in [7, 11) is 0. The van der Waals surface area contributed by atoms with Gasteiger partial charge in [-0.1, -0.05) is 12.1 Å². The van der Waals surface area contributed by atoms with Crippen LogP contribution in [0.1, 0.15) is 12.8 Å². The Morgan fingerprint density at radius 2 is 2.13 bits per heavy atom. The number of carboxylic acids is 1. The number of hydrogen-bond donors (Lipinski definition) is 2. The van der Waals surface area contributed by atoms with Gasteiger partial charge < -0.3 is 10.4 Å².